The molecule has 1 aromatic heterocycles. The lowest BCUT2D eigenvalue weighted by molar-refractivity contribution is 0.527. The molecule has 0 spiro atoms. The van der Waals surface area contributed by atoms with Crippen molar-refractivity contribution < 1.29 is 4.39 Å². The van der Waals surface area contributed by atoms with Crippen LogP contribution in [0.2, 0.25) is 0 Å². The van der Waals surface area contributed by atoms with Gasteiger partial charge in [0.05, 0.1) is 6.04 Å². The van der Waals surface area contributed by atoms with Gasteiger partial charge in [-0.05, 0) is 37.1 Å². The summed E-state index contributed by atoms with van der Waals surface area (Å²) in [5.74, 6) is 0.731. The summed E-state index contributed by atoms with van der Waals surface area (Å²) in [6, 6.07) is 4.77. The van der Waals surface area contributed by atoms with Crippen LogP contribution in [0.25, 0.3) is 0 Å². The van der Waals surface area contributed by atoms with Gasteiger partial charge in [0.25, 0.3) is 0 Å². The summed E-state index contributed by atoms with van der Waals surface area (Å²) in [6.45, 7) is 6.08. The predicted molar refractivity (Wildman–Crippen MR) is 86.8 cm³/mol. The quantitative estimate of drug-likeness (QED) is 0.804. The summed E-state index contributed by atoms with van der Waals surface area (Å²) in [5, 5.41) is 3.51. The molecule has 0 bridgehead atoms. The average molecular weight is 354 g/mol. The van der Waals surface area contributed by atoms with Crippen molar-refractivity contribution in [3.63, 3.8) is 0 Å². The van der Waals surface area contributed by atoms with Gasteiger partial charge in [-0.1, -0.05) is 35.8 Å². The van der Waals surface area contributed by atoms with Crippen molar-refractivity contribution in [3.8, 4) is 0 Å². The third kappa shape index (κ3) is 3.92. The van der Waals surface area contributed by atoms with Crippen molar-refractivity contribution in [2.45, 2.75) is 39.3 Å². The molecular weight excluding hydrogens is 333 g/mol. The Morgan fingerprint density at radius 1 is 1.33 bits per heavy atom. The molecular formula is C16H21BrFN3. The van der Waals surface area contributed by atoms with E-state index in [2.05, 4.69) is 44.6 Å². The van der Waals surface area contributed by atoms with Gasteiger partial charge in [0.1, 0.15) is 11.6 Å². The summed E-state index contributed by atoms with van der Waals surface area (Å²) in [7, 11) is 0. The van der Waals surface area contributed by atoms with Gasteiger partial charge in [-0.25, -0.2) is 9.37 Å². The number of imidazole rings is 1. The molecule has 1 unspecified atom stereocenters. The number of hydrogen-bond donors (Lipinski definition) is 1. The topological polar surface area (TPSA) is 29.9 Å². The van der Waals surface area contributed by atoms with Crippen LogP contribution in [-0.2, 0) is 6.54 Å². The molecule has 0 aliphatic rings. The van der Waals surface area contributed by atoms with Gasteiger partial charge in [0.15, 0.2) is 0 Å². The van der Waals surface area contributed by atoms with E-state index >= 15 is 0 Å². The molecule has 114 valence electrons. The monoisotopic (exact) mass is 353 g/mol. The van der Waals surface area contributed by atoms with E-state index in [0.717, 1.165) is 41.8 Å². The van der Waals surface area contributed by atoms with E-state index in [0.29, 0.717) is 0 Å². The highest BCUT2D eigenvalue weighted by Gasteiger charge is 2.20. The number of nitrogens with one attached hydrogen (secondary N) is 1. The van der Waals surface area contributed by atoms with E-state index in [4.69, 9.17) is 0 Å². The van der Waals surface area contributed by atoms with Gasteiger partial charge in [0, 0.05) is 23.4 Å². The fraction of sp³-hybridized carbons (Fsp3) is 0.438. The maximum absolute atomic E-state index is 13.3. The molecule has 0 aliphatic heterocycles. The number of halogens is 2. The maximum Gasteiger partial charge on any atom is 0.130 e. The number of hydrogen-bond acceptors (Lipinski definition) is 2. The van der Waals surface area contributed by atoms with Crippen LogP contribution in [0.15, 0.2) is 35.1 Å². The van der Waals surface area contributed by atoms with E-state index < -0.39 is 0 Å². The smallest absolute Gasteiger partial charge is 0.130 e. The van der Waals surface area contributed by atoms with Crippen molar-refractivity contribution in [2.24, 2.45) is 0 Å². The summed E-state index contributed by atoms with van der Waals surface area (Å²) >= 11 is 3.47. The van der Waals surface area contributed by atoms with E-state index in [1.54, 1.807) is 0 Å². The molecule has 0 radical (unpaired) electrons. The minimum atomic E-state index is -0.239. The summed E-state index contributed by atoms with van der Waals surface area (Å²) in [5.41, 5.74) is 1.01. The Bertz CT molecular complexity index is 583. The minimum absolute atomic E-state index is 0.0403. The molecule has 2 rings (SSSR count). The highest BCUT2D eigenvalue weighted by molar-refractivity contribution is 9.10. The van der Waals surface area contributed by atoms with Gasteiger partial charge >= 0.3 is 0 Å². The minimum Gasteiger partial charge on any atom is -0.333 e. The van der Waals surface area contributed by atoms with Crippen molar-refractivity contribution in [3.05, 3.63) is 52.3 Å². The molecule has 1 aromatic carbocycles. The molecule has 1 N–H and O–H groups in total. The highest BCUT2D eigenvalue weighted by atomic mass is 79.9. The average Bonchev–Trinajstić information content (AvgIpc) is 2.90. The third-order valence-corrected chi connectivity index (χ3v) is 4.03. The lowest BCUT2D eigenvalue weighted by atomic mass is 10.1. The zero-order valence-electron chi connectivity index (χ0n) is 12.4. The number of rotatable bonds is 7. The first-order valence-corrected chi connectivity index (χ1v) is 8.16. The number of benzene rings is 1. The van der Waals surface area contributed by atoms with Crippen molar-refractivity contribution >= 4 is 15.9 Å². The second-order valence-electron chi connectivity index (χ2n) is 5.03. The Labute approximate surface area is 133 Å². The number of aryl methyl sites for hydroxylation is 1. The maximum atomic E-state index is 13.3. The van der Waals surface area contributed by atoms with Crippen LogP contribution >= 0.6 is 15.9 Å². The molecule has 0 aliphatic carbocycles. The van der Waals surface area contributed by atoms with Gasteiger partial charge < -0.3 is 9.88 Å². The Morgan fingerprint density at radius 2 is 2.14 bits per heavy atom. The first-order chi connectivity index (χ1) is 10.2. The third-order valence-electron chi connectivity index (χ3n) is 3.34. The van der Waals surface area contributed by atoms with Crippen LogP contribution in [0, 0.1) is 5.82 Å². The van der Waals surface area contributed by atoms with E-state index in [9.17, 15) is 4.39 Å². The van der Waals surface area contributed by atoms with Crippen LogP contribution in [0.3, 0.4) is 0 Å². The molecule has 0 fully saturated rings. The van der Waals surface area contributed by atoms with E-state index in [1.165, 1.54) is 12.1 Å². The molecule has 0 amide bonds. The molecule has 0 saturated heterocycles. The van der Waals surface area contributed by atoms with E-state index in [-0.39, 0.29) is 11.9 Å². The van der Waals surface area contributed by atoms with Crippen molar-refractivity contribution in [1.29, 1.82) is 0 Å². The molecule has 1 atom stereocenters. The SMILES string of the molecule is CCCNC(c1ccc(F)cc1Br)c1nccn1CCC. The van der Waals surface area contributed by atoms with Crippen LogP contribution < -0.4 is 5.32 Å². The van der Waals surface area contributed by atoms with Gasteiger partial charge in [-0.15, -0.1) is 0 Å². The van der Waals surface area contributed by atoms with Crippen LogP contribution in [0.4, 0.5) is 4.39 Å². The highest BCUT2D eigenvalue weighted by Crippen LogP contribution is 2.28. The Kier molecular flexibility index (Phi) is 5.94. The van der Waals surface area contributed by atoms with Gasteiger partial charge in [-0.2, -0.15) is 0 Å². The van der Waals surface area contributed by atoms with Gasteiger partial charge in [0.2, 0.25) is 0 Å². The lowest BCUT2D eigenvalue weighted by Crippen LogP contribution is -2.26. The molecule has 3 nitrogen and oxygen atoms in total. The summed E-state index contributed by atoms with van der Waals surface area (Å²) in [4.78, 5) is 4.51. The Balaban J connectivity index is 2.39. The predicted octanol–water partition coefficient (Wildman–Crippen LogP) is 4.28. The first kappa shape index (κ1) is 16.2. The Hall–Kier alpha value is -1.20. The Morgan fingerprint density at radius 3 is 2.81 bits per heavy atom. The fourth-order valence-corrected chi connectivity index (χ4v) is 2.96. The zero-order chi connectivity index (χ0) is 15.2. The molecule has 21 heavy (non-hydrogen) atoms. The first-order valence-electron chi connectivity index (χ1n) is 7.36. The molecule has 1 heterocycles. The van der Waals surface area contributed by atoms with Crippen LogP contribution in [0.1, 0.15) is 44.1 Å². The zero-order valence-corrected chi connectivity index (χ0v) is 14.0. The fourth-order valence-electron chi connectivity index (χ4n) is 2.38. The van der Waals surface area contributed by atoms with Crippen LogP contribution in [-0.4, -0.2) is 16.1 Å². The number of nitrogens with zero attached hydrogens (tertiary/aromatic N) is 2. The second kappa shape index (κ2) is 7.71. The standard InChI is InChI=1S/C16H21BrFN3/c1-3-7-19-15(13-6-5-12(18)11-14(13)17)16-20-8-10-21(16)9-4-2/h5-6,8,10-11,15,19H,3-4,7,9H2,1-2H3. The second-order valence-corrected chi connectivity index (χ2v) is 5.89. The molecule has 2 aromatic rings. The van der Waals surface area contributed by atoms with Gasteiger partial charge in [-0.3, -0.25) is 0 Å². The summed E-state index contributed by atoms with van der Waals surface area (Å²) < 4.78 is 16.3. The normalized spacial score (nSPS) is 12.6. The largest absolute Gasteiger partial charge is 0.333 e. The number of aromatic nitrogens is 2. The molecule has 5 heteroatoms. The lowest BCUT2D eigenvalue weighted by Gasteiger charge is -2.21. The van der Waals surface area contributed by atoms with Crippen molar-refractivity contribution in [1.82, 2.24) is 14.9 Å². The van der Waals surface area contributed by atoms with E-state index in [1.807, 2.05) is 18.5 Å². The van der Waals surface area contributed by atoms with Crippen LogP contribution in [0.5, 0.6) is 0 Å². The summed E-state index contributed by atoms with van der Waals surface area (Å²) in [6.07, 6.45) is 5.90. The van der Waals surface area contributed by atoms with Crippen molar-refractivity contribution in [2.75, 3.05) is 6.54 Å². The molecule has 0 saturated carbocycles.